The average molecular weight is 265 g/mol. The van der Waals surface area contributed by atoms with E-state index < -0.39 is 9.84 Å². The summed E-state index contributed by atoms with van der Waals surface area (Å²) in [5.41, 5.74) is 1.20. The molecule has 94 valence electrons. The van der Waals surface area contributed by atoms with Gasteiger partial charge in [-0.05, 0) is 18.6 Å². The number of aldehydes is 1. The molecule has 7 heteroatoms. The predicted molar refractivity (Wildman–Crippen MR) is 64.6 cm³/mol. The molecule has 0 radical (unpaired) electrons. The highest BCUT2D eigenvalue weighted by Crippen LogP contribution is 2.14. The normalized spacial score (nSPS) is 11.4. The zero-order valence-electron chi connectivity index (χ0n) is 9.86. The topological polar surface area (TPSA) is 81.9 Å². The number of hydrogen-bond acceptors (Lipinski definition) is 5. The van der Waals surface area contributed by atoms with Crippen LogP contribution in [0.4, 0.5) is 0 Å². The summed E-state index contributed by atoms with van der Waals surface area (Å²) in [5.74, 6) is 0.496. The van der Waals surface area contributed by atoms with Gasteiger partial charge in [0.15, 0.2) is 21.9 Å². The van der Waals surface area contributed by atoms with Crippen molar-refractivity contribution >= 4 is 16.1 Å². The van der Waals surface area contributed by atoms with Crippen LogP contribution >= 0.6 is 0 Å². The first kappa shape index (κ1) is 12.4. The number of nitrogens with zero attached hydrogens (tertiary/aromatic N) is 3. The van der Waals surface area contributed by atoms with Crippen LogP contribution in [0.25, 0.3) is 5.82 Å². The van der Waals surface area contributed by atoms with Gasteiger partial charge in [0, 0.05) is 18.0 Å². The number of carbonyl (C=O) groups excluding carboxylic acids is 1. The molecular weight excluding hydrogens is 254 g/mol. The summed E-state index contributed by atoms with van der Waals surface area (Å²) in [4.78, 5) is 14.8. The fraction of sp³-hybridized carbons (Fsp3) is 0.182. The molecule has 0 saturated carbocycles. The molecule has 0 aliphatic carbocycles. The van der Waals surface area contributed by atoms with Gasteiger partial charge in [-0.1, -0.05) is 0 Å². The second-order valence-electron chi connectivity index (χ2n) is 3.92. The van der Waals surface area contributed by atoms with Crippen LogP contribution in [0.15, 0.2) is 29.6 Å². The Morgan fingerprint density at radius 1 is 1.33 bits per heavy atom. The number of aryl methyl sites for hydroxylation is 1. The van der Waals surface area contributed by atoms with E-state index in [-0.39, 0.29) is 4.90 Å². The first-order valence-corrected chi connectivity index (χ1v) is 6.98. The highest BCUT2D eigenvalue weighted by atomic mass is 32.2. The molecular formula is C11H11N3O3S. The largest absolute Gasteiger partial charge is 0.298 e. The van der Waals surface area contributed by atoms with E-state index in [0.717, 1.165) is 11.8 Å². The van der Waals surface area contributed by atoms with Crippen molar-refractivity contribution < 1.29 is 13.2 Å². The lowest BCUT2D eigenvalue weighted by molar-refractivity contribution is 0.112. The third kappa shape index (κ3) is 2.30. The van der Waals surface area contributed by atoms with Crippen LogP contribution in [0.3, 0.4) is 0 Å². The van der Waals surface area contributed by atoms with Crippen molar-refractivity contribution in [1.82, 2.24) is 14.8 Å². The molecule has 2 rings (SSSR count). The van der Waals surface area contributed by atoms with Gasteiger partial charge in [0.1, 0.15) is 4.90 Å². The molecule has 0 unspecified atom stereocenters. The first-order chi connectivity index (χ1) is 8.41. The number of hydrogen-bond donors (Lipinski definition) is 0. The first-order valence-electron chi connectivity index (χ1n) is 5.09. The molecule has 0 aliphatic rings. The Kier molecular flexibility index (Phi) is 3.00. The molecule has 0 N–H and O–H groups in total. The Morgan fingerprint density at radius 3 is 2.56 bits per heavy atom. The minimum atomic E-state index is -3.28. The highest BCUT2D eigenvalue weighted by Gasteiger charge is 2.12. The number of aromatic nitrogens is 3. The van der Waals surface area contributed by atoms with Crippen LogP contribution in [0, 0.1) is 6.92 Å². The van der Waals surface area contributed by atoms with Gasteiger partial charge >= 0.3 is 0 Å². The van der Waals surface area contributed by atoms with Crippen molar-refractivity contribution in [3.63, 3.8) is 0 Å². The van der Waals surface area contributed by atoms with Crippen molar-refractivity contribution in [3.05, 3.63) is 35.8 Å². The molecule has 0 atom stereocenters. The fourth-order valence-electron chi connectivity index (χ4n) is 1.51. The standard InChI is InChI=1S/C11H11N3O3S/c1-8-3-9(7-15)4-12-11(8)14-6-10(5-13-14)18(2,16)17/h3-7H,1-2H3. The Hall–Kier alpha value is -2.02. The molecule has 0 saturated heterocycles. The maximum atomic E-state index is 11.3. The third-order valence-corrected chi connectivity index (χ3v) is 3.48. The second kappa shape index (κ2) is 4.34. The molecule has 0 aliphatic heterocycles. The predicted octanol–water partition coefficient (Wildman–Crippen LogP) is 0.792. The lowest BCUT2D eigenvalue weighted by Gasteiger charge is -2.04. The SMILES string of the molecule is Cc1cc(C=O)cnc1-n1cc(S(C)(=O)=O)cn1. The summed E-state index contributed by atoms with van der Waals surface area (Å²) in [5, 5.41) is 3.96. The summed E-state index contributed by atoms with van der Waals surface area (Å²) < 4.78 is 24.1. The molecule has 2 heterocycles. The van der Waals surface area contributed by atoms with E-state index in [1.807, 2.05) is 0 Å². The second-order valence-corrected chi connectivity index (χ2v) is 5.94. The third-order valence-electron chi connectivity index (χ3n) is 2.41. The molecule has 0 amide bonds. The Labute approximate surface area is 104 Å². The lowest BCUT2D eigenvalue weighted by Crippen LogP contribution is -2.02. The molecule has 0 aromatic carbocycles. The zero-order chi connectivity index (χ0) is 13.3. The number of sulfone groups is 1. The summed E-state index contributed by atoms with van der Waals surface area (Å²) in [6, 6.07) is 1.66. The van der Waals surface area contributed by atoms with Crippen LogP contribution in [0.2, 0.25) is 0 Å². The van der Waals surface area contributed by atoms with Crippen LogP contribution < -0.4 is 0 Å². The van der Waals surface area contributed by atoms with Crippen LogP contribution in [0.5, 0.6) is 0 Å². The maximum Gasteiger partial charge on any atom is 0.178 e. The van der Waals surface area contributed by atoms with Gasteiger partial charge in [0.05, 0.1) is 12.4 Å². The van der Waals surface area contributed by atoms with E-state index in [9.17, 15) is 13.2 Å². The molecule has 2 aromatic heterocycles. The molecule has 0 bridgehead atoms. The number of pyridine rings is 1. The van der Waals surface area contributed by atoms with Crippen molar-refractivity contribution in [1.29, 1.82) is 0 Å². The average Bonchev–Trinajstić information content (AvgIpc) is 2.77. The number of carbonyl (C=O) groups is 1. The van der Waals surface area contributed by atoms with Gasteiger partial charge in [0.25, 0.3) is 0 Å². The summed E-state index contributed by atoms with van der Waals surface area (Å²) in [7, 11) is -3.28. The Morgan fingerprint density at radius 2 is 2.06 bits per heavy atom. The van der Waals surface area contributed by atoms with Gasteiger partial charge in [-0.15, -0.1) is 0 Å². The van der Waals surface area contributed by atoms with E-state index in [1.54, 1.807) is 13.0 Å². The lowest BCUT2D eigenvalue weighted by atomic mass is 10.2. The van der Waals surface area contributed by atoms with Gasteiger partial charge in [0.2, 0.25) is 0 Å². The van der Waals surface area contributed by atoms with Gasteiger partial charge < -0.3 is 0 Å². The fourth-order valence-corrected chi connectivity index (χ4v) is 2.04. The van der Waals surface area contributed by atoms with Crippen molar-refractivity contribution in [2.45, 2.75) is 11.8 Å². The van der Waals surface area contributed by atoms with E-state index in [0.29, 0.717) is 17.7 Å². The van der Waals surface area contributed by atoms with E-state index >= 15 is 0 Å². The van der Waals surface area contributed by atoms with Crippen molar-refractivity contribution in [2.24, 2.45) is 0 Å². The highest BCUT2D eigenvalue weighted by molar-refractivity contribution is 7.90. The summed E-state index contributed by atoms with van der Waals surface area (Å²) in [6.07, 6.45) is 5.89. The quantitative estimate of drug-likeness (QED) is 0.766. The van der Waals surface area contributed by atoms with Crippen molar-refractivity contribution in [2.75, 3.05) is 6.26 Å². The maximum absolute atomic E-state index is 11.3. The van der Waals surface area contributed by atoms with E-state index in [1.165, 1.54) is 23.3 Å². The van der Waals surface area contributed by atoms with Gasteiger partial charge in [-0.3, -0.25) is 4.79 Å². The summed E-state index contributed by atoms with van der Waals surface area (Å²) >= 11 is 0. The molecule has 2 aromatic rings. The zero-order valence-corrected chi connectivity index (χ0v) is 10.7. The van der Waals surface area contributed by atoms with Crippen LogP contribution in [0.1, 0.15) is 15.9 Å². The van der Waals surface area contributed by atoms with Gasteiger partial charge in [-0.25, -0.2) is 18.1 Å². The Balaban J connectivity index is 2.50. The Bertz CT molecular complexity index is 704. The van der Waals surface area contributed by atoms with E-state index in [2.05, 4.69) is 10.1 Å². The monoisotopic (exact) mass is 265 g/mol. The van der Waals surface area contributed by atoms with Gasteiger partial charge in [-0.2, -0.15) is 5.10 Å². The van der Waals surface area contributed by atoms with Crippen LogP contribution in [-0.4, -0.2) is 35.7 Å². The molecule has 18 heavy (non-hydrogen) atoms. The summed E-state index contributed by atoms with van der Waals surface area (Å²) in [6.45, 7) is 1.77. The molecule has 6 nitrogen and oxygen atoms in total. The number of rotatable bonds is 3. The molecule has 0 spiro atoms. The van der Waals surface area contributed by atoms with Crippen LogP contribution in [-0.2, 0) is 9.84 Å². The minimum Gasteiger partial charge on any atom is -0.298 e. The minimum absolute atomic E-state index is 0.128. The van der Waals surface area contributed by atoms with E-state index in [4.69, 9.17) is 0 Å². The van der Waals surface area contributed by atoms with Crippen molar-refractivity contribution in [3.8, 4) is 5.82 Å². The smallest absolute Gasteiger partial charge is 0.178 e. The molecule has 0 fully saturated rings.